The van der Waals surface area contributed by atoms with Crippen molar-refractivity contribution in [1.29, 1.82) is 0 Å². The van der Waals surface area contributed by atoms with Gasteiger partial charge in [0.25, 0.3) is 5.91 Å². The molecule has 0 saturated heterocycles. The van der Waals surface area contributed by atoms with Crippen LogP contribution in [0.15, 0.2) is 97.2 Å². The van der Waals surface area contributed by atoms with Gasteiger partial charge in [-0.2, -0.15) is 0 Å². The SMILES string of the molecule is CCC(Oc1ccc2c(c1)C(c1ccccc1)N(Cc1cccc(C)c1)CC2)C(=O)NCCc1ccccn1. The maximum atomic E-state index is 13.0. The van der Waals surface area contributed by atoms with Gasteiger partial charge in [0.15, 0.2) is 6.10 Å². The summed E-state index contributed by atoms with van der Waals surface area (Å²) in [6.07, 6.45) is 3.49. The maximum Gasteiger partial charge on any atom is 0.261 e. The van der Waals surface area contributed by atoms with Crippen molar-refractivity contribution in [3.63, 3.8) is 0 Å². The number of nitrogens with zero attached hydrogens (tertiary/aromatic N) is 2. The summed E-state index contributed by atoms with van der Waals surface area (Å²) >= 11 is 0. The zero-order valence-electron chi connectivity index (χ0n) is 22.8. The maximum absolute atomic E-state index is 13.0. The molecule has 4 aromatic rings. The van der Waals surface area contributed by atoms with Crippen LogP contribution in [0.5, 0.6) is 5.75 Å². The number of aryl methyl sites for hydroxylation is 1. The molecular formula is C34H37N3O2. The average molecular weight is 520 g/mol. The van der Waals surface area contributed by atoms with E-state index in [1.54, 1.807) is 6.20 Å². The van der Waals surface area contributed by atoms with Gasteiger partial charge in [0.05, 0.1) is 6.04 Å². The Labute approximate surface area is 231 Å². The minimum absolute atomic E-state index is 0.0909. The van der Waals surface area contributed by atoms with Crippen molar-refractivity contribution in [1.82, 2.24) is 15.2 Å². The molecule has 5 rings (SSSR count). The van der Waals surface area contributed by atoms with E-state index in [0.29, 0.717) is 19.4 Å². The zero-order chi connectivity index (χ0) is 27.0. The lowest BCUT2D eigenvalue weighted by atomic mass is 9.87. The molecule has 0 radical (unpaired) electrons. The summed E-state index contributed by atoms with van der Waals surface area (Å²) in [6, 6.07) is 31.8. The number of nitrogens with one attached hydrogen (secondary N) is 1. The minimum Gasteiger partial charge on any atom is -0.481 e. The smallest absolute Gasteiger partial charge is 0.261 e. The van der Waals surface area contributed by atoms with Crippen molar-refractivity contribution in [2.24, 2.45) is 0 Å². The summed E-state index contributed by atoms with van der Waals surface area (Å²) in [7, 11) is 0. The Morgan fingerprint density at radius 3 is 2.64 bits per heavy atom. The minimum atomic E-state index is -0.547. The first-order valence-electron chi connectivity index (χ1n) is 13.9. The summed E-state index contributed by atoms with van der Waals surface area (Å²) in [5.41, 5.74) is 7.42. The van der Waals surface area contributed by atoms with E-state index >= 15 is 0 Å². The molecule has 1 aliphatic heterocycles. The lowest BCUT2D eigenvalue weighted by molar-refractivity contribution is -0.128. The van der Waals surface area contributed by atoms with Gasteiger partial charge in [-0.05, 0) is 66.3 Å². The Balaban J connectivity index is 1.34. The topological polar surface area (TPSA) is 54.5 Å². The molecular weight excluding hydrogens is 482 g/mol. The van der Waals surface area contributed by atoms with Crippen LogP contribution in [0.1, 0.15) is 52.9 Å². The van der Waals surface area contributed by atoms with Crippen LogP contribution in [0.2, 0.25) is 0 Å². The molecule has 39 heavy (non-hydrogen) atoms. The van der Waals surface area contributed by atoms with Gasteiger partial charge >= 0.3 is 0 Å². The third-order valence-corrected chi connectivity index (χ3v) is 7.38. The quantitative estimate of drug-likeness (QED) is 0.277. The summed E-state index contributed by atoms with van der Waals surface area (Å²) < 4.78 is 6.30. The van der Waals surface area contributed by atoms with E-state index in [2.05, 4.69) is 88.9 Å². The van der Waals surface area contributed by atoms with Gasteiger partial charge in [0, 0.05) is 37.9 Å². The highest BCUT2D eigenvalue weighted by Crippen LogP contribution is 2.38. The number of hydrogen-bond acceptors (Lipinski definition) is 4. The van der Waals surface area contributed by atoms with Crippen LogP contribution in [-0.2, 0) is 24.2 Å². The number of hydrogen-bond donors (Lipinski definition) is 1. The molecule has 1 aliphatic rings. The first kappa shape index (κ1) is 26.6. The third kappa shape index (κ3) is 6.73. The van der Waals surface area contributed by atoms with Crippen molar-refractivity contribution in [2.45, 2.75) is 51.8 Å². The summed E-state index contributed by atoms with van der Waals surface area (Å²) in [6.45, 7) is 6.52. The van der Waals surface area contributed by atoms with Crippen LogP contribution in [0.4, 0.5) is 0 Å². The molecule has 5 nitrogen and oxygen atoms in total. The molecule has 0 aliphatic carbocycles. The fraction of sp³-hybridized carbons (Fsp3) is 0.294. The second kappa shape index (κ2) is 12.7. The Hall–Kier alpha value is -3.96. The molecule has 1 amide bonds. The van der Waals surface area contributed by atoms with E-state index in [9.17, 15) is 4.79 Å². The van der Waals surface area contributed by atoms with Gasteiger partial charge in [0.1, 0.15) is 5.75 Å². The van der Waals surface area contributed by atoms with Crippen molar-refractivity contribution in [3.8, 4) is 5.75 Å². The van der Waals surface area contributed by atoms with Crippen molar-refractivity contribution in [2.75, 3.05) is 13.1 Å². The molecule has 2 heterocycles. The number of fused-ring (bicyclic) bond motifs is 1. The molecule has 0 bridgehead atoms. The van der Waals surface area contributed by atoms with Crippen molar-refractivity contribution >= 4 is 5.91 Å². The summed E-state index contributed by atoms with van der Waals surface area (Å²) in [5.74, 6) is 0.644. The number of amides is 1. The lowest BCUT2D eigenvalue weighted by Crippen LogP contribution is -2.39. The van der Waals surface area contributed by atoms with E-state index in [-0.39, 0.29) is 11.9 Å². The normalized spacial score (nSPS) is 15.8. The number of ether oxygens (including phenoxy) is 1. The Morgan fingerprint density at radius 2 is 1.87 bits per heavy atom. The van der Waals surface area contributed by atoms with Gasteiger partial charge in [-0.25, -0.2) is 0 Å². The fourth-order valence-electron chi connectivity index (χ4n) is 5.42. The predicted molar refractivity (Wildman–Crippen MR) is 156 cm³/mol. The Morgan fingerprint density at radius 1 is 1.03 bits per heavy atom. The molecule has 0 saturated carbocycles. The van der Waals surface area contributed by atoms with Crippen molar-refractivity contribution in [3.05, 3.63) is 131 Å². The fourth-order valence-corrected chi connectivity index (χ4v) is 5.42. The standard InChI is InChI=1S/C34H37N3O2/c1-3-32(34(38)36-20-17-29-14-7-8-19-35-29)39-30-16-15-27-18-21-37(24-26-11-9-10-25(2)22-26)33(31(27)23-30)28-12-5-4-6-13-28/h4-16,19,22-23,32-33H,3,17-18,20-21,24H2,1-2H3,(H,36,38). The molecule has 2 unspecified atom stereocenters. The number of carbonyl (C=O) groups is 1. The molecule has 1 aromatic heterocycles. The Kier molecular flexibility index (Phi) is 8.69. The van der Waals surface area contributed by atoms with Crippen LogP contribution >= 0.6 is 0 Å². The van der Waals surface area contributed by atoms with E-state index in [1.165, 1.54) is 27.8 Å². The molecule has 3 aromatic carbocycles. The molecule has 0 fully saturated rings. The summed E-state index contributed by atoms with van der Waals surface area (Å²) in [4.78, 5) is 19.8. The van der Waals surface area contributed by atoms with E-state index < -0.39 is 6.10 Å². The second-order valence-electron chi connectivity index (χ2n) is 10.3. The van der Waals surface area contributed by atoms with E-state index in [0.717, 1.165) is 31.0 Å². The second-order valence-corrected chi connectivity index (χ2v) is 10.3. The van der Waals surface area contributed by atoms with Crippen LogP contribution in [0.3, 0.4) is 0 Å². The average Bonchev–Trinajstić information content (AvgIpc) is 2.96. The monoisotopic (exact) mass is 519 g/mol. The highest BCUT2D eigenvalue weighted by Gasteiger charge is 2.30. The largest absolute Gasteiger partial charge is 0.481 e. The zero-order valence-corrected chi connectivity index (χ0v) is 22.8. The van der Waals surface area contributed by atoms with Gasteiger partial charge < -0.3 is 10.1 Å². The van der Waals surface area contributed by atoms with Crippen molar-refractivity contribution < 1.29 is 9.53 Å². The van der Waals surface area contributed by atoms with Gasteiger partial charge in [-0.1, -0.05) is 79.2 Å². The van der Waals surface area contributed by atoms with Gasteiger partial charge in [0.2, 0.25) is 0 Å². The van der Waals surface area contributed by atoms with E-state index in [4.69, 9.17) is 4.74 Å². The van der Waals surface area contributed by atoms with Crippen LogP contribution in [0.25, 0.3) is 0 Å². The van der Waals surface area contributed by atoms with Crippen LogP contribution < -0.4 is 10.1 Å². The van der Waals surface area contributed by atoms with Gasteiger partial charge in [-0.3, -0.25) is 14.7 Å². The molecule has 2 atom stereocenters. The number of rotatable bonds is 10. The van der Waals surface area contributed by atoms with Gasteiger partial charge in [-0.15, -0.1) is 0 Å². The van der Waals surface area contributed by atoms with Crippen LogP contribution in [-0.4, -0.2) is 35.0 Å². The Bertz CT molecular complexity index is 1370. The molecule has 5 heteroatoms. The van der Waals surface area contributed by atoms with E-state index in [1.807, 2.05) is 31.2 Å². The molecule has 0 spiro atoms. The van der Waals surface area contributed by atoms with Crippen LogP contribution in [0, 0.1) is 6.92 Å². The number of aromatic nitrogens is 1. The first-order valence-corrected chi connectivity index (χ1v) is 13.9. The third-order valence-electron chi connectivity index (χ3n) is 7.38. The summed E-state index contributed by atoms with van der Waals surface area (Å²) in [5, 5.41) is 3.03. The number of carbonyl (C=O) groups excluding carboxylic acids is 1. The number of benzene rings is 3. The molecule has 200 valence electrons. The first-order chi connectivity index (χ1) is 19.1. The highest BCUT2D eigenvalue weighted by atomic mass is 16.5. The lowest BCUT2D eigenvalue weighted by Gasteiger charge is -2.38. The predicted octanol–water partition coefficient (Wildman–Crippen LogP) is 6.05. The number of pyridine rings is 1. The molecule has 1 N–H and O–H groups in total. The highest BCUT2D eigenvalue weighted by molar-refractivity contribution is 5.81.